The summed E-state index contributed by atoms with van der Waals surface area (Å²) in [6, 6.07) is 0. The lowest BCUT2D eigenvalue weighted by atomic mass is 10.2. The zero-order valence-electron chi connectivity index (χ0n) is 7.09. The molecule has 0 spiro atoms. The van der Waals surface area contributed by atoms with Gasteiger partial charge in [0.1, 0.15) is 5.79 Å². The third-order valence-corrected chi connectivity index (χ3v) is 1.12. The summed E-state index contributed by atoms with van der Waals surface area (Å²) in [7, 11) is 0. The molecule has 0 aliphatic heterocycles. The molecule has 0 aliphatic carbocycles. The predicted octanol–water partition coefficient (Wildman–Crippen LogP) is -4.09. The first kappa shape index (κ1) is 14.3. The molecule has 0 amide bonds. The molecule has 0 aromatic heterocycles. The molecule has 0 heterocycles. The zero-order chi connectivity index (χ0) is 8.91. The maximum absolute atomic E-state index is 5.54. The summed E-state index contributed by atoms with van der Waals surface area (Å²) in [5, 5.41) is 2.90. The molecule has 1 unspecified atom stereocenters. The van der Waals surface area contributed by atoms with Gasteiger partial charge in [0, 0.05) is 19.5 Å². The van der Waals surface area contributed by atoms with Gasteiger partial charge in [-0.15, -0.1) is 0 Å². The van der Waals surface area contributed by atoms with Gasteiger partial charge in [-0.2, -0.15) is 0 Å². The molecule has 0 saturated heterocycles. The molecule has 0 aromatic carbocycles. The van der Waals surface area contributed by atoms with Crippen molar-refractivity contribution in [2.75, 3.05) is 13.1 Å². The van der Waals surface area contributed by atoms with Crippen LogP contribution >= 0.6 is 0 Å². The Morgan fingerprint density at radius 2 is 1.75 bits per heavy atom. The molecule has 0 rings (SSSR count). The fourth-order valence-corrected chi connectivity index (χ4v) is 0.722. The Kier molecular flexibility index (Phi) is 7.44. The van der Waals surface area contributed by atoms with Crippen molar-refractivity contribution in [1.82, 2.24) is 5.32 Å². The lowest BCUT2D eigenvalue weighted by Gasteiger charge is -2.23. The number of nitrogens with one attached hydrogen (secondary N) is 1. The van der Waals surface area contributed by atoms with Gasteiger partial charge < -0.3 is 39.5 Å². The Hall–Kier alpha value is -0.280. The molecule has 76 valence electrons. The molecule has 1 atom stereocenters. The highest BCUT2D eigenvalue weighted by atomic mass is 16.0. The number of hydrogen-bond acceptors (Lipinski definition) is 6. The van der Waals surface area contributed by atoms with Crippen molar-refractivity contribution in [2.24, 2.45) is 28.7 Å². The van der Waals surface area contributed by atoms with Crippen molar-refractivity contribution in [1.29, 1.82) is 0 Å². The van der Waals surface area contributed by atoms with Gasteiger partial charge >= 0.3 is 0 Å². The highest BCUT2D eigenvalue weighted by Gasteiger charge is 2.15. The Bertz CT molecular complexity index is 103. The van der Waals surface area contributed by atoms with Crippen LogP contribution in [0.2, 0.25) is 0 Å². The van der Waals surface area contributed by atoms with Crippen molar-refractivity contribution >= 4 is 0 Å². The second-order valence-electron chi connectivity index (χ2n) is 2.67. The maximum atomic E-state index is 5.54. The summed E-state index contributed by atoms with van der Waals surface area (Å²) in [6.45, 7) is 1.16. The molecule has 7 heteroatoms. The van der Waals surface area contributed by atoms with Gasteiger partial charge in [-0.05, 0) is 0 Å². The molecular formula is C5H20N6O. The van der Waals surface area contributed by atoms with E-state index in [-0.39, 0.29) is 11.6 Å². The van der Waals surface area contributed by atoms with Gasteiger partial charge in [0.25, 0.3) is 0 Å². The van der Waals surface area contributed by atoms with Crippen LogP contribution in [-0.4, -0.2) is 30.5 Å². The van der Waals surface area contributed by atoms with Crippen LogP contribution in [0.25, 0.3) is 0 Å². The fourth-order valence-electron chi connectivity index (χ4n) is 0.722. The van der Waals surface area contributed by atoms with E-state index in [0.717, 1.165) is 0 Å². The zero-order valence-corrected chi connectivity index (χ0v) is 7.09. The summed E-state index contributed by atoms with van der Waals surface area (Å²) in [4.78, 5) is 0. The van der Waals surface area contributed by atoms with Crippen LogP contribution in [0.1, 0.15) is 6.42 Å². The van der Waals surface area contributed by atoms with Crippen molar-refractivity contribution in [2.45, 2.75) is 18.4 Å². The number of hydrogen-bond donors (Lipinski definition) is 6. The summed E-state index contributed by atoms with van der Waals surface area (Å²) in [5.41, 5.74) is 26.7. The van der Waals surface area contributed by atoms with Gasteiger partial charge in [0.2, 0.25) is 0 Å². The van der Waals surface area contributed by atoms with E-state index in [2.05, 4.69) is 5.32 Å². The van der Waals surface area contributed by atoms with E-state index in [0.29, 0.717) is 19.5 Å². The van der Waals surface area contributed by atoms with Gasteiger partial charge in [-0.1, -0.05) is 0 Å². The lowest BCUT2D eigenvalue weighted by molar-refractivity contribution is 0.351. The summed E-state index contributed by atoms with van der Waals surface area (Å²) < 4.78 is 0. The molecule has 0 aromatic rings. The second kappa shape index (κ2) is 6.26. The molecule has 13 N–H and O–H groups in total. The molecule has 0 radical (unpaired) electrons. The van der Waals surface area contributed by atoms with Crippen LogP contribution in [0.15, 0.2) is 0 Å². The van der Waals surface area contributed by atoms with E-state index in [1.54, 1.807) is 0 Å². The molecule has 0 saturated carbocycles. The van der Waals surface area contributed by atoms with E-state index in [1.807, 2.05) is 0 Å². The van der Waals surface area contributed by atoms with Crippen molar-refractivity contribution in [3.05, 3.63) is 0 Å². The normalized spacial score (nSPS) is 13.8. The van der Waals surface area contributed by atoms with Gasteiger partial charge in [0.05, 0.1) is 6.17 Å². The molecule has 7 nitrogen and oxygen atoms in total. The van der Waals surface area contributed by atoms with E-state index in [9.17, 15) is 0 Å². The van der Waals surface area contributed by atoms with Crippen LogP contribution in [-0.2, 0) is 0 Å². The maximum Gasteiger partial charge on any atom is 0.118 e. The van der Waals surface area contributed by atoms with Crippen molar-refractivity contribution in [3.63, 3.8) is 0 Å². The van der Waals surface area contributed by atoms with Crippen molar-refractivity contribution < 1.29 is 5.48 Å². The van der Waals surface area contributed by atoms with Crippen LogP contribution in [0.3, 0.4) is 0 Å². The van der Waals surface area contributed by atoms with Crippen LogP contribution in [0.5, 0.6) is 0 Å². The minimum absolute atomic E-state index is 0. The van der Waals surface area contributed by atoms with Gasteiger partial charge in [0.15, 0.2) is 0 Å². The third-order valence-electron chi connectivity index (χ3n) is 1.12. The highest BCUT2D eigenvalue weighted by molar-refractivity contribution is 4.74. The Morgan fingerprint density at radius 3 is 2.08 bits per heavy atom. The Morgan fingerprint density at radius 1 is 1.25 bits per heavy atom. The highest BCUT2D eigenvalue weighted by Crippen LogP contribution is 1.90. The molecule has 0 bridgehead atoms. The lowest BCUT2D eigenvalue weighted by Crippen LogP contribution is -2.62. The monoisotopic (exact) mass is 180 g/mol. The Labute approximate surface area is 71.9 Å². The topological polar surface area (TPSA) is 174 Å². The minimum Gasteiger partial charge on any atom is -0.412 e. The smallest absolute Gasteiger partial charge is 0.118 e. The van der Waals surface area contributed by atoms with E-state index in [4.69, 9.17) is 28.7 Å². The van der Waals surface area contributed by atoms with Gasteiger partial charge in [-0.3, -0.25) is 0 Å². The quantitative estimate of drug-likeness (QED) is 0.234. The number of nitrogens with two attached hydrogens (primary N) is 5. The largest absolute Gasteiger partial charge is 0.412 e. The first-order chi connectivity index (χ1) is 4.95. The average Bonchev–Trinajstić information content (AvgIpc) is 1.79. The number of rotatable bonds is 5. The summed E-state index contributed by atoms with van der Waals surface area (Å²) in [5.74, 6) is -1.21. The summed E-state index contributed by atoms with van der Waals surface area (Å²) >= 11 is 0. The first-order valence-electron chi connectivity index (χ1n) is 3.51. The van der Waals surface area contributed by atoms with Crippen LogP contribution in [0, 0.1) is 0 Å². The molecule has 0 aliphatic rings. The third kappa shape index (κ3) is 9.72. The van der Waals surface area contributed by atoms with Crippen LogP contribution in [0.4, 0.5) is 0 Å². The predicted molar refractivity (Wildman–Crippen MR) is 48.6 cm³/mol. The molecule has 0 fully saturated rings. The summed E-state index contributed by atoms with van der Waals surface area (Å²) in [6.07, 6.45) is 0.0195. The van der Waals surface area contributed by atoms with E-state index >= 15 is 0 Å². The minimum atomic E-state index is -1.21. The molecular weight excluding hydrogens is 160 g/mol. The first-order valence-corrected chi connectivity index (χ1v) is 3.51. The second-order valence-corrected chi connectivity index (χ2v) is 2.67. The van der Waals surface area contributed by atoms with Gasteiger partial charge in [-0.25, -0.2) is 0 Å². The van der Waals surface area contributed by atoms with Crippen molar-refractivity contribution in [3.8, 4) is 0 Å². The fraction of sp³-hybridized carbons (Fsp3) is 1.00. The molecule has 12 heavy (non-hydrogen) atoms. The average molecular weight is 180 g/mol. The van der Waals surface area contributed by atoms with E-state index in [1.165, 1.54) is 0 Å². The van der Waals surface area contributed by atoms with Crippen LogP contribution < -0.4 is 34.0 Å². The SMILES string of the molecule is NCCNC(N)CC(N)(N)N.O. The Balaban J connectivity index is 0. The van der Waals surface area contributed by atoms with E-state index < -0.39 is 5.79 Å². The standard InChI is InChI=1S/C5H18N6.H2O/c6-1-2-11-4(7)3-5(8,9)10;/h4,11H,1-3,6-10H2;1H2.